The number of rotatable bonds is 5. The molecular formula is C12H23NO3. The van der Waals surface area contributed by atoms with E-state index in [1.54, 1.807) is 0 Å². The predicted molar refractivity (Wildman–Crippen MR) is 62.3 cm³/mol. The Morgan fingerprint density at radius 3 is 2.88 bits per heavy atom. The van der Waals surface area contributed by atoms with Crippen LogP contribution in [0.15, 0.2) is 0 Å². The van der Waals surface area contributed by atoms with Crippen molar-refractivity contribution in [3.63, 3.8) is 0 Å². The van der Waals surface area contributed by atoms with E-state index in [9.17, 15) is 4.79 Å². The molecule has 0 bridgehead atoms. The highest BCUT2D eigenvalue weighted by atomic mass is 16.5. The number of carbonyl (C=O) groups excluding carboxylic acids is 1. The van der Waals surface area contributed by atoms with Crippen LogP contribution in [0.2, 0.25) is 0 Å². The molecular weight excluding hydrogens is 206 g/mol. The van der Waals surface area contributed by atoms with Crippen LogP contribution in [0.1, 0.15) is 33.6 Å². The standard InChI is InChI=1S/C12H23NO3/c1-4-15-8-5-6-11(14)13-7-9-16-12(2,3)10-13/h4-10H2,1-3H3. The van der Waals surface area contributed by atoms with Gasteiger partial charge < -0.3 is 14.4 Å². The van der Waals surface area contributed by atoms with Crippen LogP contribution in [0, 0.1) is 0 Å². The van der Waals surface area contributed by atoms with E-state index in [4.69, 9.17) is 9.47 Å². The Hall–Kier alpha value is -0.610. The fourth-order valence-corrected chi connectivity index (χ4v) is 1.86. The van der Waals surface area contributed by atoms with Crippen molar-refractivity contribution in [3.05, 3.63) is 0 Å². The first kappa shape index (κ1) is 13.5. The van der Waals surface area contributed by atoms with Crippen LogP contribution in [0.4, 0.5) is 0 Å². The molecule has 0 aromatic heterocycles. The Bertz CT molecular complexity index is 228. The lowest BCUT2D eigenvalue weighted by atomic mass is 10.1. The summed E-state index contributed by atoms with van der Waals surface area (Å²) < 4.78 is 10.8. The minimum atomic E-state index is -0.201. The first-order valence-corrected chi connectivity index (χ1v) is 6.04. The summed E-state index contributed by atoms with van der Waals surface area (Å²) in [7, 11) is 0. The quantitative estimate of drug-likeness (QED) is 0.670. The second kappa shape index (κ2) is 6.21. The number of nitrogens with zero attached hydrogens (tertiary/aromatic N) is 1. The second-order valence-corrected chi connectivity index (χ2v) is 4.72. The summed E-state index contributed by atoms with van der Waals surface area (Å²) in [6.07, 6.45) is 1.39. The number of hydrogen-bond donors (Lipinski definition) is 0. The molecule has 0 saturated carbocycles. The third kappa shape index (κ3) is 4.49. The molecule has 0 N–H and O–H groups in total. The maximum absolute atomic E-state index is 11.9. The summed E-state index contributed by atoms with van der Waals surface area (Å²) in [6.45, 7) is 9.46. The molecule has 0 aromatic carbocycles. The van der Waals surface area contributed by atoms with Crippen molar-refractivity contribution in [2.24, 2.45) is 0 Å². The number of ether oxygens (including phenoxy) is 2. The van der Waals surface area contributed by atoms with Crippen LogP contribution in [0.25, 0.3) is 0 Å². The van der Waals surface area contributed by atoms with Crippen LogP contribution in [0.5, 0.6) is 0 Å². The molecule has 1 amide bonds. The largest absolute Gasteiger partial charge is 0.382 e. The molecule has 16 heavy (non-hydrogen) atoms. The van der Waals surface area contributed by atoms with Gasteiger partial charge in [-0.1, -0.05) is 0 Å². The molecule has 1 rings (SSSR count). The van der Waals surface area contributed by atoms with Crippen LogP contribution in [-0.2, 0) is 14.3 Å². The van der Waals surface area contributed by atoms with Gasteiger partial charge in [0.2, 0.25) is 5.91 Å². The Morgan fingerprint density at radius 1 is 1.50 bits per heavy atom. The van der Waals surface area contributed by atoms with Gasteiger partial charge >= 0.3 is 0 Å². The summed E-state index contributed by atoms with van der Waals surface area (Å²) in [5.74, 6) is 0.219. The van der Waals surface area contributed by atoms with Crippen molar-refractivity contribution >= 4 is 5.91 Å². The Kier molecular flexibility index (Phi) is 5.22. The van der Waals surface area contributed by atoms with Gasteiger partial charge in [0.1, 0.15) is 0 Å². The zero-order chi connectivity index (χ0) is 12.0. The monoisotopic (exact) mass is 229 g/mol. The molecule has 1 aliphatic rings. The van der Waals surface area contributed by atoms with Gasteiger partial charge in [-0.25, -0.2) is 0 Å². The number of hydrogen-bond acceptors (Lipinski definition) is 3. The van der Waals surface area contributed by atoms with Crippen molar-refractivity contribution in [2.45, 2.75) is 39.2 Å². The molecule has 1 fully saturated rings. The highest BCUT2D eigenvalue weighted by molar-refractivity contribution is 5.76. The minimum Gasteiger partial charge on any atom is -0.382 e. The Labute approximate surface area is 97.9 Å². The molecule has 0 aromatic rings. The number of morpholine rings is 1. The van der Waals surface area contributed by atoms with E-state index in [1.807, 2.05) is 25.7 Å². The molecule has 0 spiro atoms. The molecule has 94 valence electrons. The highest BCUT2D eigenvalue weighted by Crippen LogP contribution is 2.17. The van der Waals surface area contributed by atoms with Crippen LogP contribution in [-0.4, -0.2) is 49.3 Å². The van der Waals surface area contributed by atoms with Crippen LogP contribution < -0.4 is 0 Å². The SMILES string of the molecule is CCOCCCC(=O)N1CCOC(C)(C)C1. The van der Waals surface area contributed by atoms with Crippen molar-refractivity contribution in [2.75, 3.05) is 32.9 Å². The normalized spacial score (nSPS) is 19.8. The zero-order valence-electron chi connectivity index (χ0n) is 10.6. The smallest absolute Gasteiger partial charge is 0.222 e. The van der Waals surface area contributed by atoms with Crippen molar-refractivity contribution in [1.29, 1.82) is 0 Å². The average Bonchev–Trinajstić information content (AvgIpc) is 2.22. The van der Waals surface area contributed by atoms with Gasteiger partial charge in [0, 0.05) is 32.7 Å². The Morgan fingerprint density at radius 2 is 2.25 bits per heavy atom. The lowest BCUT2D eigenvalue weighted by Gasteiger charge is -2.38. The average molecular weight is 229 g/mol. The third-order valence-corrected chi connectivity index (χ3v) is 2.66. The predicted octanol–water partition coefficient (Wildman–Crippen LogP) is 1.44. The first-order chi connectivity index (χ1) is 7.55. The van der Waals surface area contributed by atoms with Crippen LogP contribution >= 0.6 is 0 Å². The summed E-state index contributed by atoms with van der Waals surface area (Å²) >= 11 is 0. The van der Waals surface area contributed by atoms with Crippen LogP contribution in [0.3, 0.4) is 0 Å². The van der Waals surface area contributed by atoms with Gasteiger partial charge in [-0.15, -0.1) is 0 Å². The number of amides is 1. The summed E-state index contributed by atoms with van der Waals surface area (Å²) in [6, 6.07) is 0. The molecule has 4 nitrogen and oxygen atoms in total. The van der Waals surface area contributed by atoms with Crippen molar-refractivity contribution < 1.29 is 14.3 Å². The van der Waals surface area contributed by atoms with Crippen molar-refractivity contribution in [3.8, 4) is 0 Å². The van der Waals surface area contributed by atoms with E-state index < -0.39 is 0 Å². The maximum Gasteiger partial charge on any atom is 0.222 e. The highest BCUT2D eigenvalue weighted by Gasteiger charge is 2.29. The molecule has 0 unspecified atom stereocenters. The molecule has 1 aliphatic heterocycles. The van der Waals surface area contributed by atoms with E-state index >= 15 is 0 Å². The molecule has 1 heterocycles. The van der Waals surface area contributed by atoms with Gasteiger partial charge in [-0.3, -0.25) is 4.79 Å². The molecule has 0 aliphatic carbocycles. The van der Waals surface area contributed by atoms with E-state index in [2.05, 4.69) is 0 Å². The van der Waals surface area contributed by atoms with Gasteiger partial charge in [0.15, 0.2) is 0 Å². The van der Waals surface area contributed by atoms with E-state index in [0.717, 1.165) is 19.6 Å². The summed E-state index contributed by atoms with van der Waals surface area (Å²) in [4.78, 5) is 13.8. The second-order valence-electron chi connectivity index (χ2n) is 4.72. The van der Waals surface area contributed by atoms with E-state index in [0.29, 0.717) is 26.2 Å². The van der Waals surface area contributed by atoms with Gasteiger partial charge in [0.25, 0.3) is 0 Å². The molecule has 0 atom stereocenters. The summed E-state index contributed by atoms with van der Waals surface area (Å²) in [5, 5.41) is 0. The zero-order valence-corrected chi connectivity index (χ0v) is 10.6. The third-order valence-electron chi connectivity index (χ3n) is 2.66. The molecule has 1 saturated heterocycles. The topological polar surface area (TPSA) is 38.8 Å². The maximum atomic E-state index is 11.9. The minimum absolute atomic E-state index is 0.201. The molecule has 0 radical (unpaired) electrons. The molecule has 4 heteroatoms. The van der Waals surface area contributed by atoms with E-state index in [-0.39, 0.29) is 11.5 Å². The lowest BCUT2D eigenvalue weighted by molar-refractivity contribution is -0.146. The van der Waals surface area contributed by atoms with Gasteiger partial charge in [-0.2, -0.15) is 0 Å². The summed E-state index contributed by atoms with van der Waals surface area (Å²) in [5.41, 5.74) is -0.201. The first-order valence-electron chi connectivity index (χ1n) is 6.04. The van der Waals surface area contributed by atoms with E-state index in [1.165, 1.54) is 0 Å². The van der Waals surface area contributed by atoms with Crippen molar-refractivity contribution in [1.82, 2.24) is 4.90 Å². The fourth-order valence-electron chi connectivity index (χ4n) is 1.86. The lowest BCUT2D eigenvalue weighted by Crippen LogP contribution is -2.50. The fraction of sp³-hybridized carbons (Fsp3) is 0.917. The number of carbonyl (C=O) groups is 1. The van der Waals surface area contributed by atoms with Gasteiger partial charge in [-0.05, 0) is 27.2 Å². The Balaban J connectivity index is 2.25. The van der Waals surface area contributed by atoms with Gasteiger partial charge in [0.05, 0.1) is 12.2 Å².